The highest BCUT2D eigenvalue weighted by Crippen LogP contribution is 2.46. The number of phenols is 1. The molecule has 1 aromatic carbocycles. The molecule has 1 fully saturated rings. The summed E-state index contributed by atoms with van der Waals surface area (Å²) in [5.74, 6) is 0.849. The minimum absolute atomic E-state index is 0.0169. The van der Waals surface area contributed by atoms with Gasteiger partial charge in [-0.2, -0.15) is 0 Å². The van der Waals surface area contributed by atoms with Crippen molar-refractivity contribution in [2.45, 2.75) is 46.0 Å². The summed E-state index contributed by atoms with van der Waals surface area (Å²) in [4.78, 5) is 11.2. The number of carbonyl (C=O) groups is 1. The molecule has 110 valence electrons. The molecule has 0 radical (unpaired) electrons. The van der Waals surface area contributed by atoms with Gasteiger partial charge in [0.05, 0.1) is 0 Å². The van der Waals surface area contributed by atoms with Gasteiger partial charge in [-0.3, -0.25) is 0 Å². The maximum Gasteiger partial charge on any atom is 0.339 e. The standard InChI is InChI=1S/C17H24O3/c1-10(2)12-8-7-11(3)9-15(12)13-5-4-6-14(16(13)18)17(19)20/h4-6,10-12,15,18H,7-9H2,1-3H3,(H,19,20). The average molecular weight is 276 g/mol. The van der Waals surface area contributed by atoms with E-state index in [2.05, 4.69) is 20.8 Å². The topological polar surface area (TPSA) is 57.5 Å². The molecular weight excluding hydrogens is 252 g/mol. The van der Waals surface area contributed by atoms with Crippen molar-refractivity contribution in [2.75, 3.05) is 0 Å². The molecule has 1 aliphatic rings. The number of para-hydroxylation sites is 1. The molecule has 3 heteroatoms. The van der Waals surface area contributed by atoms with Gasteiger partial charge in [0.2, 0.25) is 0 Å². The van der Waals surface area contributed by atoms with Crippen LogP contribution >= 0.6 is 0 Å². The van der Waals surface area contributed by atoms with E-state index in [-0.39, 0.29) is 17.2 Å². The van der Waals surface area contributed by atoms with Gasteiger partial charge in [0.15, 0.2) is 0 Å². The predicted octanol–water partition coefficient (Wildman–Crippen LogP) is 4.27. The number of aromatic carboxylic acids is 1. The van der Waals surface area contributed by atoms with Crippen LogP contribution in [0.15, 0.2) is 18.2 Å². The number of hydrogen-bond donors (Lipinski definition) is 2. The molecular formula is C17H24O3. The van der Waals surface area contributed by atoms with E-state index in [9.17, 15) is 9.90 Å². The number of benzene rings is 1. The van der Waals surface area contributed by atoms with E-state index in [1.807, 2.05) is 6.07 Å². The molecule has 0 aromatic heterocycles. The third-order valence-corrected chi connectivity index (χ3v) is 4.72. The second-order valence-electron chi connectivity index (χ2n) is 6.48. The maximum atomic E-state index is 11.2. The number of rotatable bonds is 3. The second-order valence-corrected chi connectivity index (χ2v) is 6.48. The Morgan fingerprint density at radius 2 is 2.00 bits per heavy atom. The lowest BCUT2D eigenvalue weighted by atomic mass is 9.67. The summed E-state index contributed by atoms with van der Waals surface area (Å²) in [5, 5.41) is 19.5. The molecule has 3 atom stereocenters. The summed E-state index contributed by atoms with van der Waals surface area (Å²) in [7, 11) is 0. The molecule has 0 bridgehead atoms. The van der Waals surface area contributed by atoms with Crippen LogP contribution in [-0.4, -0.2) is 16.2 Å². The van der Waals surface area contributed by atoms with E-state index < -0.39 is 5.97 Å². The lowest BCUT2D eigenvalue weighted by molar-refractivity contribution is 0.0693. The van der Waals surface area contributed by atoms with Crippen LogP contribution in [0, 0.1) is 17.8 Å². The van der Waals surface area contributed by atoms with Gasteiger partial charge in [-0.25, -0.2) is 4.79 Å². The zero-order valence-corrected chi connectivity index (χ0v) is 12.5. The first-order valence-electron chi connectivity index (χ1n) is 7.47. The Bertz CT molecular complexity index is 493. The lowest BCUT2D eigenvalue weighted by Gasteiger charge is -2.38. The van der Waals surface area contributed by atoms with E-state index in [0.29, 0.717) is 17.8 Å². The van der Waals surface area contributed by atoms with Gasteiger partial charge >= 0.3 is 5.97 Å². The molecule has 20 heavy (non-hydrogen) atoms. The number of aromatic hydroxyl groups is 1. The van der Waals surface area contributed by atoms with E-state index >= 15 is 0 Å². The van der Waals surface area contributed by atoms with Gasteiger partial charge < -0.3 is 10.2 Å². The van der Waals surface area contributed by atoms with Crippen LogP contribution in [-0.2, 0) is 0 Å². The van der Waals surface area contributed by atoms with Crippen molar-refractivity contribution in [3.8, 4) is 5.75 Å². The quantitative estimate of drug-likeness (QED) is 0.867. The molecule has 3 unspecified atom stereocenters. The Hall–Kier alpha value is -1.51. The summed E-state index contributed by atoms with van der Waals surface area (Å²) in [5.41, 5.74) is 0.832. The van der Waals surface area contributed by atoms with Crippen molar-refractivity contribution >= 4 is 5.97 Å². The fraction of sp³-hybridized carbons (Fsp3) is 0.588. The highest BCUT2D eigenvalue weighted by Gasteiger charge is 2.33. The molecule has 0 spiro atoms. The zero-order chi connectivity index (χ0) is 14.9. The Morgan fingerprint density at radius 1 is 1.30 bits per heavy atom. The third-order valence-electron chi connectivity index (χ3n) is 4.72. The van der Waals surface area contributed by atoms with Gasteiger partial charge in [-0.1, -0.05) is 39.3 Å². The summed E-state index contributed by atoms with van der Waals surface area (Å²) in [6, 6.07) is 5.10. The highest BCUT2D eigenvalue weighted by atomic mass is 16.4. The van der Waals surface area contributed by atoms with Crippen LogP contribution in [0.4, 0.5) is 0 Å². The molecule has 2 N–H and O–H groups in total. The summed E-state index contributed by atoms with van der Waals surface area (Å²) in [6.07, 6.45) is 3.40. The molecule has 1 aliphatic carbocycles. The van der Waals surface area contributed by atoms with Crippen molar-refractivity contribution in [1.29, 1.82) is 0 Å². The summed E-state index contributed by atoms with van der Waals surface area (Å²) >= 11 is 0. The van der Waals surface area contributed by atoms with Crippen LogP contribution in [0.3, 0.4) is 0 Å². The van der Waals surface area contributed by atoms with Crippen molar-refractivity contribution in [3.63, 3.8) is 0 Å². The number of carboxylic acids is 1. The average Bonchev–Trinajstić information content (AvgIpc) is 2.38. The van der Waals surface area contributed by atoms with Crippen LogP contribution in [0.2, 0.25) is 0 Å². The predicted molar refractivity (Wildman–Crippen MR) is 79.2 cm³/mol. The van der Waals surface area contributed by atoms with E-state index in [1.54, 1.807) is 6.07 Å². The van der Waals surface area contributed by atoms with Crippen LogP contribution in [0.25, 0.3) is 0 Å². The van der Waals surface area contributed by atoms with Crippen LogP contribution in [0.5, 0.6) is 5.75 Å². The smallest absolute Gasteiger partial charge is 0.339 e. The fourth-order valence-corrected chi connectivity index (χ4v) is 3.59. The SMILES string of the molecule is CC1CCC(C(C)C)C(c2cccc(C(=O)O)c2O)C1. The molecule has 0 amide bonds. The van der Waals surface area contributed by atoms with Gasteiger partial charge in [0.25, 0.3) is 0 Å². The van der Waals surface area contributed by atoms with Gasteiger partial charge in [0, 0.05) is 0 Å². The van der Waals surface area contributed by atoms with Crippen molar-refractivity contribution in [3.05, 3.63) is 29.3 Å². The Balaban J connectivity index is 2.41. The van der Waals surface area contributed by atoms with E-state index in [4.69, 9.17) is 5.11 Å². The van der Waals surface area contributed by atoms with Crippen LogP contribution < -0.4 is 0 Å². The van der Waals surface area contributed by atoms with Crippen LogP contribution in [0.1, 0.15) is 61.9 Å². The lowest BCUT2D eigenvalue weighted by Crippen LogP contribution is -2.26. The summed E-state index contributed by atoms with van der Waals surface area (Å²) < 4.78 is 0. The van der Waals surface area contributed by atoms with Crippen molar-refractivity contribution in [2.24, 2.45) is 17.8 Å². The first kappa shape index (κ1) is 14.9. The molecule has 0 aliphatic heterocycles. The first-order chi connectivity index (χ1) is 9.41. The van der Waals surface area contributed by atoms with Gasteiger partial charge in [-0.15, -0.1) is 0 Å². The largest absolute Gasteiger partial charge is 0.507 e. The summed E-state index contributed by atoms with van der Waals surface area (Å²) in [6.45, 7) is 6.67. The first-order valence-corrected chi connectivity index (χ1v) is 7.47. The Labute approximate surface area is 120 Å². The second kappa shape index (κ2) is 5.86. The van der Waals surface area contributed by atoms with Gasteiger partial charge in [-0.05, 0) is 48.1 Å². The zero-order valence-electron chi connectivity index (χ0n) is 12.5. The van der Waals surface area contributed by atoms with Crippen molar-refractivity contribution in [1.82, 2.24) is 0 Å². The molecule has 1 aromatic rings. The molecule has 1 saturated carbocycles. The molecule has 0 heterocycles. The molecule has 2 rings (SSSR count). The fourth-order valence-electron chi connectivity index (χ4n) is 3.59. The number of carboxylic acid groups (broad SMARTS) is 1. The normalized spacial score (nSPS) is 26.7. The van der Waals surface area contributed by atoms with Gasteiger partial charge in [0.1, 0.15) is 11.3 Å². The minimum Gasteiger partial charge on any atom is -0.507 e. The third kappa shape index (κ3) is 2.82. The minimum atomic E-state index is -1.06. The maximum absolute atomic E-state index is 11.2. The Kier molecular flexibility index (Phi) is 4.36. The number of hydrogen-bond acceptors (Lipinski definition) is 2. The Morgan fingerprint density at radius 3 is 2.60 bits per heavy atom. The van der Waals surface area contributed by atoms with Crippen molar-refractivity contribution < 1.29 is 15.0 Å². The molecule has 0 saturated heterocycles. The van der Waals surface area contributed by atoms with E-state index in [1.165, 1.54) is 12.5 Å². The highest BCUT2D eigenvalue weighted by molar-refractivity contribution is 5.91. The molecule has 3 nitrogen and oxygen atoms in total. The monoisotopic (exact) mass is 276 g/mol. The van der Waals surface area contributed by atoms with E-state index in [0.717, 1.165) is 18.4 Å².